The van der Waals surface area contributed by atoms with Gasteiger partial charge >= 0.3 is 0 Å². The van der Waals surface area contributed by atoms with Crippen molar-refractivity contribution in [3.63, 3.8) is 0 Å². The van der Waals surface area contributed by atoms with Gasteiger partial charge in [-0.1, -0.05) is 26.8 Å². The molecular weight excluding hydrogens is 222 g/mol. The first-order valence-electron chi connectivity index (χ1n) is 7.06. The molecule has 3 heteroatoms. The van der Waals surface area contributed by atoms with Crippen molar-refractivity contribution in [1.29, 1.82) is 0 Å². The second-order valence-electron chi connectivity index (χ2n) is 5.56. The molecule has 2 rings (SSSR count). The molecule has 0 amide bonds. The molecule has 0 saturated carbocycles. The number of hydrogen-bond donors (Lipinski definition) is 1. The number of nitrogens with zero attached hydrogens (tertiary/aromatic N) is 2. The van der Waals surface area contributed by atoms with Crippen LogP contribution >= 0.6 is 0 Å². The molecule has 0 aromatic carbocycles. The number of nitrogens with one attached hydrogen (secondary N) is 1. The summed E-state index contributed by atoms with van der Waals surface area (Å²) in [4.78, 5) is 7.06. The first-order chi connectivity index (χ1) is 8.63. The zero-order chi connectivity index (χ0) is 13.1. The average molecular weight is 247 g/mol. The van der Waals surface area contributed by atoms with E-state index in [1.165, 1.54) is 11.4 Å². The minimum Gasteiger partial charge on any atom is -0.356 e. The molecule has 18 heavy (non-hydrogen) atoms. The van der Waals surface area contributed by atoms with E-state index in [0.717, 1.165) is 31.5 Å². The lowest BCUT2D eigenvalue weighted by molar-refractivity contribution is 0.494. The van der Waals surface area contributed by atoms with Crippen molar-refractivity contribution in [2.75, 3.05) is 24.5 Å². The summed E-state index contributed by atoms with van der Waals surface area (Å²) < 4.78 is 0. The van der Waals surface area contributed by atoms with Crippen LogP contribution in [-0.2, 0) is 0 Å². The predicted octanol–water partition coefficient (Wildman–Crippen LogP) is 2.84. The van der Waals surface area contributed by atoms with Crippen molar-refractivity contribution in [3.05, 3.63) is 23.9 Å². The molecule has 100 valence electrons. The number of rotatable bonds is 4. The number of hydrogen-bond acceptors (Lipinski definition) is 3. The molecule has 0 aliphatic carbocycles. The van der Waals surface area contributed by atoms with Crippen LogP contribution < -0.4 is 10.2 Å². The highest BCUT2D eigenvalue weighted by Crippen LogP contribution is 2.30. The average Bonchev–Trinajstić information content (AvgIpc) is 2.70. The van der Waals surface area contributed by atoms with E-state index in [9.17, 15) is 0 Å². The van der Waals surface area contributed by atoms with Gasteiger partial charge in [0.05, 0.1) is 0 Å². The maximum atomic E-state index is 4.62. The quantitative estimate of drug-likeness (QED) is 0.887. The molecule has 0 spiro atoms. The third-order valence-corrected chi connectivity index (χ3v) is 4.08. The van der Waals surface area contributed by atoms with E-state index >= 15 is 0 Å². The third-order valence-electron chi connectivity index (χ3n) is 4.08. The topological polar surface area (TPSA) is 28.2 Å². The van der Waals surface area contributed by atoms with Crippen LogP contribution in [0.4, 0.5) is 5.82 Å². The monoisotopic (exact) mass is 247 g/mol. The molecule has 2 heterocycles. The summed E-state index contributed by atoms with van der Waals surface area (Å²) in [5.41, 5.74) is 1.32. The molecule has 1 aromatic rings. The summed E-state index contributed by atoms with van der Waals surface area (Å²) in [6.45, 7) is 12.3. The summed E-state index contributed by atoms with van der Waals surface area (Å²) in [5, 5.41) is 3.48. The Morgan fingerprint density at radius 3 is 2.67 bits per heavy atom. The molecule has 1 aliphatic rings. The standard InChI is InChI=1S/C15H25N3/c1-5-16-13(4)14-7-6-8-17-15(14)18-9-11(2)12(3)10-18/h6-8,11-13,16H,5,9-10H2,1-4H3. The zero-order valence-electron chi connectivity index (χ0n) is 12.0. The Balaban J connectivity index is 2.22. The van der Waals surface area contributed by atoms with Crippen molar-refractivity contribution in [2.45, 2.75) is 33.7 Å². The first-order valence-corrected chi connectivity index (χ1v) is 7.06. The van der Waals surface area contributed by atoms with Crippen LogP contribution in [0.2, 0.25) is 0 Å². The van der Waals surface area contributed by atoms with Crippen molar-refractivity contribution in [2.24, 2.45) is 11.8 Å². The Kier molecular flexibility index (Phi) is 4.23. The minimum absolute atomic E-state index is 0.366. The second-order valence-corrected chi connectivity index (χ2v) is 5.56. The Morgan fingerprint density at radius 2 is 2.06 bits per heavy atom. The maximum absolute atomic E-state index is 4.62. The Morgan fingerprint density at radius 1 is 1.39 bits per heavy atom. The van der Waals surface area contributed by atoms with E-state index in [1.807, 2.05) is 12.3 Å². The van der Waals surface area contributed by atoms with Gasteiger partial charge in [-0.05, 0) is 31.4 Å². The van der Waals surface area contributed by atoms with Gasteiger partial charge in [-0.25, -0.2) is 4.98 Å². The molecule has 0 radical (unpaired) electrons. The largest absolute Gasteiger partial charge is 0.356 e. The van der Waals surface area contributed by atoms with Gasteiger partial charge in [-0.15, -0.1) is 0 Å². The molecule has 1 aliphatic heterocycles. The highest BCUT2D eigenvalue weighted by Gasteiger charge is 2.28. The van der Waals surface area contributed by atoms with E-state index in [0.29, 0.717) is 6.04 Å². The third kappa shape index (κ3) is 2.66. The molecule has 3 nitrogen and oxygen atoms in total. The molecule has 1 fully saturated rings. The maximum Gasteiger partial charge on any atom is 0.133 e. The molecular formula is C15H25N3. The Labute approximate surface area is 111 Å². The zero-order valence-corrected chi connectivity index (χ0v) is 12.0. The van der Waals surface area contributed by atoms with E-state index in [2.05, 4.69) is 49.0 Å². The SMILES string of the molecule is CCNC(C)c1cccnc1N1CC(C)C(C)C1. The predicted molar refractivity (Wildman–Crippen MR) is 76.9 cm³/mol. The van der Waals surface area contributed by atoms with Gasteiger partial charge in [0.25, 0.3) is 0 Å². The van der Waals surface area contributed by atoms with Crippen LogP contribution in [0.5, 0.6) is 0 Å². The molecule has 1 N–H and O–H groups in total. The van der Waals surface area contributed by atoms with E-state index < -0.39 is 0 Å². The number of pyridine rings is 1. The van der Waals surface area contributed by atoms with Gasteiger partial charge in [0.2, 0.25) is 0 Å². The lowest BCUT2D eigenvalue weighted by Gasteiger charge is -2.23. The van der Waals surface area contributed by atoms with Crippen LogP contribution in [-0.4, -0.2) is 24.6 Å². The Bertz CT molecular complexity index is 381. The van der Waals surface area contributed by atoms with Crippen LogP contribution in [0.25, 0.3) is 0 Å². The van der Waals surface area contributed by atoms with Crippen molar-refractivity contribution < 1.29 is 0 Å². The summed E-state index contributed by atoms with van der Waals surface area (Å²) in [7, 11) is 0. The fraction of sp³-hybridized carbons (Fsp3) is 0.667. The van der Waals surface area contributed by atoms with Gasteiger partial charge < -0.3 is 10.2 Å². The highest BCUT2D eigenvalue weighted by atomic mass is 15.2. The second kappa shape index (κ2) is 5.70. The fourth-order valence-electron chi connectivity index (χ4n) is 2.73. The molecule has 1 aromatic heterocycles. The van der Waals surface area contributed by atoms with Gasteiger partial charge in [-0.2, -0.15) is 0 Å². The van der Waals surface area contributed by atoms with Crippen LogP contribution in [0.3, 0.4) is 0 Å². The number of aromatic nitrogens is 1. The summed E-state index contributed by atoms with van der Waals surface area (Å²) in [6, 6.07) is 4.60. The lowest BCUT2D eigenvalue weighted by Crippen LogP contribution is -2.26. The summed E-state index contributed by atoms with van der Waals surface area (Å²) >= 11 is 0. The summed E-state index contributed by atoms with van der Waals surface area (Å²) in [6.07, 6.45) is 1.91. The lowest BCUT2D eigenvalue weighted by atomic mass is 10.0. The number of anilines is 1. The van der Waals surface area contributed by atoms with Gasteiger partial charge in [0, 0.05) is 30.9 Å². The fourth-order valence-corrected chi connectivity index (χ4v) is 2.73. The van der Waals surface area contributed by atoms with Crippen molar-refractivity contribution in [1.82, 2.24) is 10.3 Å². The molecule has 3 unspecified atom stereocenters. The van der Waals surface area contributed by atoms with E-state index in [4.69, 9.17) is 0 Å². The van der Waals surface area contributed by atoms with Crippen LogP contribution in [0, 0.1) is 11.8 Å². The van der Waals surface area contributed by atoms with Crippen LogP contribution in [0.1, 0.15) is 39.3 Å². The van der Waals surface area contributed by atoms with Crippen molar-refractivity contribution in [3.8, 4) is 0 Å². The summed E-state index contributed by atoms with van der Waals surface area (Å²) in [5.74, 6) is 2.69. The van der Waals surface area contributed by atoms with Gasteiger partial charge in [-0.3, -0.25) is 0 Å². The normalized spacial score (nSPS) is 25.4. The van der Waals surface area contributed by atoms with E-state index in [-0.39, 0.29) is 0 Å². The highest BCUT2D eigenvalue weighted by molar-refractivity contribution is 5.49. The van der Waals surface area contributed by atoms with Crippen LogP contribution in [0.15, 0.2) is 18.3 Å². The molecule has 1 saturated heterocycles. The van der Waals surface area contributed by atoms with Crippen molar-refractivity contribution >= 4 is 5.82 Å². The molecule has 3 atom stereocenters. The first kappa shape index (κ1) is 13.3. The van der Waals surface area contributed by atoms with E-state index in [1.54, 1.807) is 0 Å². The minimum atomic E-state index is 0.366. The van der Waals surface area contributed by atoms with Gasteiger partial charge in [0.1, 0.15) is 5.82 Å². The smallest absolute Gasteiger partial charge is 0.133 e. The van der Waals surface area contributed by atoms with Gasteiger partial charge in [0.15, 0.2) is 0 Å². The Hall–Kier alpha value is -1.09. The molecule has 0 bridgehead atoms.